The standard InChI is InChI=1S/C8H13N3O2S/c1-6-7(14-5-4-9-6)10-13-8(12)11(2)3/h4-5H2,1-3H3. The largest absolute Gasteiger partial charge is 0.435 e. The monoisotopic (exact) mass is 215 g/mol. The summed E-state index contributed by atoms with van der Waals surface area (Å²) in [6, 6.07) is 0. The number of thioether (sulfide) groups is 1. The summed E-state index contributed by atoms with van der Waals surface area (Å²) in [6.45, 7) is 2.66. The molecule has 0 radical (unpaired) electrons. The molecule has 0 saturated carbocycles. The van der Waals surface area contributed by atoms with Crippen LogP contribution in [0.3, 0.4) is 0 Å². The predicted octanol–water partition coefficient (Wildman–Crippen LogP) is 1.21. The Labute approximate surface area is 87.2 Å². The van der Waals surface area contributed by atoms with Gasteiger partial charge in [-0.25, -0.2) is 4.79 Å². The molecule has 0 atom stereocenters. The van der Waals surface area contributed by atoms with Crippen LogP contribution >= 0.6 is 11.8 Å². The van der Waals surface area contributed by atoms with E-state index < -0.39 is 6.09 Å². The van der Waals surface area contributed by atoms with Crippen molar-refractivity contribution < 1.29 is 9.63 Å². The van der Waals surface area contributed by atoms with Crippen molar-refractivity contribution in [2.24, 2.45) is 10.1 Å². The maximum atomic E-state index is 11.0. The Hall–Kier alpha value is -1.04. The van der Waals surface area contributed by atoms with Gasteiger partial charge in [-0.2, -0.15) is 0 Å². The fourth-order valence-electron chi connectivity index (χ4n) is 0.782. The summed E-state index contributed by atoms with van der Waals surface area (Å²) in [6.07, 6.45) is -0.475. The average molecular weight is 215 g/mol. The molecule has 78 valence electrons. The molecule has 1 aliphatic rings. The smallest absolute Gasteiger partial charge is 0.312 e. The molecule has 0 aromatic rings. The van der Waals surface area contributed by atoms with E-state index in [1.807, 2.05) is 6.92 Å². The topological polar surface area (TPSA) is 54.3 Å². The van der Waals surface area contributed by atoms with Gasteiger partial charge in [0.1, 0.15) is 0 Å². The highest BCUT2D eigenvalue weighted by Crippen LogP contribution is 2.11. The summed E-state index contributed by atoms with van der Waals surface area (Å²) < 4.78 is 0. The van der Waals surface area contributed by atoms with Gasteiger partial charge in [0.2, 0.25) is 0 Å². The van der Waals surface area contributed by atoms with E-state index in [4.69, 9.17) is 0 Å². The second-order valence-corrected chi connectivity index (χ2v) is 4.05. The van der Waals surface area contributed by atoms with Crippen LogP contribution in [0.2, 0.25) is 0 Å². The molecule has 0 bridgehead atoms. The van der Waals surface area contributed by atoms with Crippen LogP contribution in [0.1, 0.15) is 6.92 Å². The number of nitrogens with zero attached hydrogens (tertiary/aromatic N) is 3. The summed E-state index contributed by atoms with van der Waals surface area (Å²) in [5.41, 5.74) is 0.827. The van der Waals surface area contributed by atoms with Crippen LogP contribution in [0, 0.1) is 0 Å². The fourth-order valence-corrected chi connectivity index (χ4v) is 1.52. The molecule has 5 nitrogen and oxygen atoms in total. The van der Waals surface area contributed by atoms with Crippen LogP contribution < -0.4 is 0 Å². The number of hydrogen-bond donors (Lipinski definition) is 0. The Kier molecular flexibility index (Phi) is 3.94. The second-order valence-electron chi connectivity index (χ2n) is 2.96. The Balaban J connectivity index is 2.56. The minimum Gasteiger partial charge on any atom is -0.312 e. The molecule has 6 heteroatoms. The van der Waals surface area contributed by atoms with Gasteiger partial charge in [0, 0.05) is 26.4 Å². The van der Waals surface area contributed by atoms with E-state index in [1.165, 1.54) is 4.90 Å². The quantitative estimate of drug-likeness (QED) is 0.488. The molecule has 0 unspecified atom stereocenters. The molecular formula is C8H13N3O2S. The van der Waals surface area contributed by atoms with Gasteiger partial charge in [-0.3, -0.25) is 9.83 Å². The van der Waals surface area contributed by atoms with Crippen molar-refractivity contribution in [1.29, 1.82) is 0 Å². The summed E-state index contributed by atoms with van der Waals surface area (Å²) in [7, 11) is 3.22. The lowest BCUT2D eigenvalue weighted by Crippen LogP contribution is -2.22. The molecule has 0 fully saturated rings. The van der Waals surface area contributed by atoms with Gasteiger partial charge in [-0.15, -0.1) is 0 Å². The van der Waals surface area contributed by atoms with Crippen LogP contribution in [0.25, 0.3) is 0 Å². The van der Waals surface area contributed by atoms with Crippen LogP contribution in [0.4, 0.5) is 4.79 Å². The molecule has 0 aliphatic carbocycles. The summed E-state index contributed by atoms with van der Waals surface area (Å²) in [5.74, 6) is 0.885. The number of rotatable bonds is 1. The van der Waals surface area contributed by atoms with E-state index in [0.29, 0.717) is 5.04 Å². The lowest BCUT2D eigenvalue weighted by atomic mass is 10.4. The van der Waals surface area contributed by atoms with Crippen LogP contribution in [-0.2, 0) is 4.84 Å². The van der Waals surface area contributed by atoms with Gasteiger partial charge in [-0.1, -0.05) is 16.9 Å². The molecular weight excluding hydrogens is 202 g/mol. The van der Waals surface area contributed by atoms with Gasteiger partial charge >= 0.3 is 6.09 Å². The summed E-state index contributed by atoms with van der Waals surface area (Å²) in [4.78, 5) is 21.2. The Morgan fingerprint density at radius 2 is 2.36 bits per heavy atom. The molecule has 1 heterocycles. The van der Waals surface area contributed by atoms with Crippen LogP contribution in [0.15, 0.2) is 10.1 Å². The first-order valence-electron chi connectivity index (χ1n) is 4.22. The van der Waals surface area contributed by atoms with Crippen molar-refractivity contribution in [3.05, 3.63) is 0 Å². The van der Waals surface area contributed by atoms with Crippen molar-refractivity contribution in [2.75, 3.05) is 26.4 Å². The zero-order valence-corrected chi connectivity index (χ0v) is 9.30. The third kappa shape index (κ3) is 3.02. The van der Waals surface area contributed by atoms with Crippen molar-refractivity contribution in [3.63, 3.8) is 0 Å². The average Bonchev–Trinajstić information content (AvgIpc) is 2.16. The molecule has 0 N–H and O–H groups in total. The first-order valence-corrected chi connectivity index (χ1v) is 5.20. The fraction of sp³-hybridized carbons (Fsp3) is 0.625. The molecule has 0 aromatic heterocycles. The van der Waals surface area contributed by atoms with Gasteiger partial charge in [0.15, 0.2) is 5.04 Å². The predicted molar refractivity (Wildman–Crippen MR) is 58.0 cm³/mol. The van der Waals surface area contributed by atoms with Crippen LogP contribution in [-0.4, -0.2) is 48.1 Å². The van der Waals surface area contributed by atoms with Crippen molar-refractivity contribution in [2.45, 2.75) is 6.92 Å². The molecule has 0 saturated heterocycles. The van der Waals surface area contributed by atoms with Gasteiger partial charge in [0.25, 0.3) is 0 Å². The second kappa shape index (κ2) is 4.99. The number of carbonyl (C=O) groups excluding carboxylic acids is 1. The number of carbonyl (C=O) groups is 1. The Morgan fingerprint density at radius 3 is 2.93 bits per heavy atom. The SMILES string of the molecule is CC1=NCCSC1=NOC(=O)N(C)C. The molecule has 1 aliphatic heterocycles. The van der Waals surface area contributed by atoms with E-state index in [2.05, 4.69) is 15.0 Å². The van der Waals surface area contributed by atoms with Gasteiger partial charge in [0.05, 0.1) is 5.71 Å². The zero-order chi connectivity index (χ0) is 10.6. The van der Waals surface area contributed by atoms with E-state index >= 15 is 0 Å². The third-order valence-electron chi connectivity index (χ3n) is 1.56. The normalized spacial score (nSPS) is 19.1. The van der Waals surface area contributed by atoms with Crippen LogP contribution in [0.5, 0.6) is 0 Å². The number of oxime groups is 1. The van der Waals surface area contributed by atoms with E-state index in [1.54, 1.807) is 25.9 Å². The first-order chi connectivity index (χ1) is 6.61. The number of hydrogen-bond acceptors (Lipinski definition) is 5. The van der Waals surface area contributed by atoms with E-state index in [9.17, 15) is 4.79 Å². The summed E-state index contributed by atoms with van der Waals surface area (Å²) >= 11 is 1.55. The highest BCUT2D eigenvalue weighted by atomic mass is 32.2. The van der Waals surface area contributed by atoms with Crippen molar-refractivity contribution in [1.82, 2.24) is 4.90 Å². The number of amides is 1. The number of aliphatic imine (C=N–C) groups is 1. The third-order valence-corrected chi connectivity index (χ3v) is 2.59. The highest BCUT2D eigenvalue weighted by molar-refractivity contribution is 8.15. The minimum absolute atomic E-state index is 0.475. The van der Waals surface area contributed by atoms with Gasteiger partial charge < -0.3 is 4.90 Å². The van der Waals surface area contributed by atoms with Crippen molar-refractivity contribution in [3.8, 4) is 0 Å². The Bertz CT molecular complexity index is 286. The van der Waals surface area contributed by atoms with E-state index in [0.717, 1.165) is 18.0 Å². The molecule has 0 spiro atoms. The maximum Gasteiger partial charge on any atom is 0.435 e. The van der Waals surface area contributed by atoms with Crippen molar-refractivity contribution >= 4 is 28.6 Å². The minimum atomic E-state index is -0.475. The summed E-state index contributed by atoms with van der Waals surface area (Å²) in [5, 5.41) is 4.43. The highest BCUT2D eigenvalue weighted by Gasteiger charge is 2.12. The lowest BCUT2D eigenvalue weighted by molar-refractivity contribution is 0.123. The lowest BCUT2D eigenvalue weighted by Gasteiger charge is -2.11. The molecule has 0 aromatic carbocycles. The van der Waals surface area contributed by atoms with Gasteiger partial charge in [-0.05, 0) is 6.92 Å². The maximum absolute atomic E-state index is 11.0. The first kappa shape index (κ1) is 11.0. The zero-order valence-electron chi connectivity index (χ0n) is 8.48. The van der Waals surface area contributed by atoms with E-state index in [-0.39, 0.29) is 0 Å². The molecule has 1 rings (SSSR count). The Morgan fingerprint density at radius 1 is 1.64 bits per heavy atom. The molecule has 1 amide bonds. The molecule has 14 heavy (non-hydrogen) atoms.